The van der Waals surface area contributed by atoms with E-state index < -0.39 is 0 Å². The number of amidine groups is 1. The van der Waals surface area contributed by atoms with Crippen molar-refractivity contribution in [3.63, 3.8) is 0 Å². The number of ether oxygens (including phenoxy) is 1. The van der Waals surface area contributed by atoms with Gasteiger partial charge < -0.3 is 9.30 Å². The average Bonchev–Trinajstić information content (AvgIpc) is 3.39. The van der Waals surface area contributed by atoms with Gasteiger partial charge in [-0.1, -0.05) is 44.6 Å². The van der Waals surface area contributed by atoms with Crippen LogP contribution in [-0.2, 0) is 9.53 Å². The summed E-state index contributed by atoms with van der Waals surface area (Å²) in [5.74, 6) is -0.217. The highest BCUT2D eigenvalue weighted by molar-refractivity contribution is 8.18. The first kappa shape index (κ1) is 26.8. The SMILES string of the molecule is CCOC(=O)c1cccc(-n2c(C)cc(/C=C3\SC(=NC4CCCCC4)N(C4CCCCC4)C3=O)c2C)c1. The molecular weight excluding hydrogens is 494 g/mol. The van der Waals surface area contributed by atoms with Crippen LogP contribution in [0.25, 0.3) is 11.8 Å². The Balaban J connectivity index is 1.46. The molecule has 202 valence electrons. The summed E-state index contributed by atoms with van der Waals surface area (Å²) in [4.78, 5) is 34.1. The molecule has 0 spiro atoms. The van der Waals surface area contributed by atoms with Gasteiger partial charge in [-0.05, 0) is 94.1 Å². The summed E-state index contributed by atoms with van der Waals surface area (Å²) in [5.41, 5.74) is 4.54. The quantitative estimate of drug-likeness (QED) is 0.291. The lowest BCUT2D eigenvalue weighted by Gasteiger charge is -2.31. The Morgan fingerprint density at radius 1 is 1.05 bits per heavy atom. The summed E-state index contributed by atoms with van der Waals surface area (Å²) in [5, 5.41) is 0.913. The van der Waals surface area contributed by atoms with E-state index in [1.54, 1.807) is 17.8 Å². The predicted octanol–water partition coefficient (Wildman–Crippen LogP) is 7.21. The molecule has 0 atom stereocenters. The van der Waals surface area contributed by atoms with Crippen molar-refractivity contribution in [1.29, 1.82) is 0 Å². The summed E-state index contributed by atoms with van der Waals surface area (Å²) < 4.78 is 7.33. The summed E-state index contributed by atoms with van der Waals surface area (Å²) in [6, 6.07) is 10.2. The summed E-state index contributed by atoms with van der Waals surface area (Å²) in [7, 11) is 0. The van der Waals surface area contributed by atoms with Gasteiger partial charge in [-0.15, -0.1) is 0 Å². The van der Waals surface area contributed by atoms with Crippen LogP contribution in [0.15, 0.2) is 40.2 Å². The Hall–Kier alpha value is -2.80. The Morgan fingerprint density at radius 2 is 1.76 bits per heavy atom. The number of aliphatic imine (C=N–C) groups is 1. The zero-order valence-electron chi connectivity index (χ0n) is 22.9. The molecule has 6 nitrogen and oxygen atoms in total. The van der Waals surface area contributed by atoms with Crippen molar-refractivity contribution in [2.45, 2.75) is 97.1 Å². The molecule has 1 aromatic heterocycles. The molecule has 1 aliphatic heterocycles. The number of hydrogen-bond acceptors (Lipinski definition) is 5. The third-order valence-electron chi connectivity index (χ3n) is 8.02. The first-order valence-corrected chi connectivity index (χ1v) is 15.0. The number of carbonyl (C=O) groups is 2. The molecule has 38 heavy (non-hydrogen) atoms. The molecule has 0 N–H and O–H groups in total. The van der Waals surface area contributed by atoms with Crippen molar-refractivity contribution in [1.82, 2.24) is 9.47 Å². The van der Waals surface area contributed by atoms with Gasteiger partial charge in [-0.25, -0.2) is 4.79 Å². The Bertz CT molecular complexity index is 1250. The van der Waals surface area contributed by atoms with E-state index in [0.717, 1.165) is 58.4 Å². The number of carbonyl (C=O) groups excluding carboxylic acids is 2. The van der Waals surface area contributed by atoms with Crippen LogP contribution in [-0.4, -0.2) is 45.2 Å². The van der Waals surface area contributed by atoms with Crippen LogP contribution >= 0.6 is 11.8 Å². The number of nitrogens with zero attached hydrogens (tertiary/aromatic N) is 3. The molecule has 2 aliphatic carbocycles. The average molecular weight is 534 g/mol. The first-order valence-electron chi connectivity index (χ1n) is 14.2. The van der Waals surface area contributed by atoms with E-state index in [-0.39, 0.29) is 17.9 Å². The molecule has 1 saturated heterocycles. The number of thioether (sulfide) groups is 1. The first-order chi connectivity index (χ1) is 18.5. The predicted molar refractivity (Wildman–Crippen MR) is 155 cm³/mol. The van der Waals surface area contributed by atoms with Gasteiger partial charge in [-0.2, -0.15) is 0 Å². The maximum Gasteiger partial charge on any atom is 0.338 e. The number of esters is 1. The van der Waals surface area contributed by atoms with E-state index in [1.807, 2.05) is 36.1 Å². The van der Waals surface area contributed by atoms with E-state index in [1.165, 1.54) is 38.5 Å². The smallest absolute Gasteiger partial charge is 0.338 e. The molecule has 0 radical (unpaired) electrons. The second-order valence-corrected chi connectivity index (χ2v) is 11.7. The van der Waals surface area contributed by atoms with Crippen LogP contribution in [0.3, 0.4) is 0 Å². The maximum atomic E-state index is 13.8. The minimum atomic E-state index is -0.320. The molecule has 0 bridgehead atoms. The van der Waals surface area contributed by atoms with Crippen molar-refractivity contribution in [3.05, 3.63) is 57.8 Å². The van der Waals surface area contributed by atoms with Gasteiger partial charge in [0.15, 0.2) is 5.17 Å². The zero-order chi connectivity index (χ0) is 26.6. The molecule has 3 fully saturated rings. The molecule has 2 heterocycles. The molecular formula is C31H39N3O3S. The van der Waals surface area contributed by atoms with E-state index in [4.69, 9.17) is 9.73 Å². The second kappa shape index (κ2) is 11.9. The highest BCUT2D eigenvalue weighted by Crippen LogP contribution is 2.39. The molecule has 1 amide bonds. The van der Waals surface area contributed by atoms with Crippen molar-refractivity contribution in [3.8, 4) is 5.69 Å². The fourth-order valence-corrected chi connectivity index (χ4v) is 7.16. The number of hydrogen-bond donors (Lipinski definition) is 0. The van der Waals surface area contributed by atoms with Gasteiger partial charge in [0.05, 0.1) is 23.1 Å². The van der Waals surface area contributed by atoms with Gasteiger partial charge >= 0.3 is 5.97 Å². The van der Waals surface area contributed by atoms with Crippen molar-refractivity contribution in [2.24, 2.45) is 4.99 Å². The second-order valence-electron chi connectivity index (χ2n) is 10.7. The highest BCUT2D eigenvalue weighted by Gasteiger charge is 2.39. The standard InChI is InChI=1S/C31H39N3O3S/c1-4-37-30(36)23-12-11-17-27(19-23)33-21(2)18-24(22(33)3)20-28-29(35)34(26-15-9-6-10-16-26)31(38-28)32-25-13-7-5-8-14-25/h11-12,17-20,25-26H,4-10,13-16H2,1-3H3/b28-20-,32-31?. The summed E-state index contributed by atoms with van der Waals surface area (Å²) in [6.07, 6.45) is 13.8. The molecule has 3 aliphatic rings. The third-order valence-corrected chi connectivity index (χ3v) is 9.01. The van der Waals surface area contributed by atoms with Crippen LogP contribution in [0.1, 0.15) is 98.4 Å². The molecule has 5 rings (SSSR count). The third kappa shape index (κ3) is 5.63. The van der Waals surface area contributed by atoms with Crippen molar-refractivity contribution < 1.29 is 14.3 Å². The molecule has 2 saturated carbocycles. The number of benzene rings is 1. The van der Waals surface area contributed by atoms with Crippen LogP contribution in [0.5, 0.6) is 0 Å². The topological polar surface area (TPSA) is 63.9 Å². The van der Waals surface area contributed by atoms with E-state index in [2.05, 4.69) is 24.5 Å². The fraction of sp³-hybridized carbons (Fsp3) is 0.516. The van der Waals surface area contributed by atoms with Crippen LogP contribution in [0.2, 0.25) is 0 Å². The zero-order valence-corrected chi connectivity index (χ0v) is 23.7. The van der Waals surface area contributed by atoms with Crippen LogP contribution in [0.4, 0.5) is 0 Å². The minimum Gasteiger partial charge on any atom is -0.462 e. The summed E-state index contributed by atoms with van der Waals surface area (Å²) >= 11 is 1.56. The molecule has 7 heteroatoms. The number of rotatable bonds is 6. The van der Waals surface area contributed by atoms with Gasteiger partial charge in [0.25, 0.3) is 5.91 Å². The van der Waals surface area contributed by atoms with Gasteiger partial charge in [-0.3, -0.25) is 14.7 Å². The molecule has 1 aromatic carbocycles. The molecule has 2 aromatic rings. The number of aromatic nitrogens is 1. The van der Waals surface area contributed by atoms with Crippen molar-refractivity contribution in [2.75, 3.05) is 6.61 Å². The summed E-state index contributed by atoms with van der Waals surface area (Å²) in [6.45, 7) is 6.28. The number of aryl methyl sites for hydroxylation is 1. The molecule has 0 unspecified atom stereocenters. The largest absolute Gasteiger partial charge is 0.462 e. The normalized spacial score (nSPS) is 21.6. The Morgan fingerprint density at radius 3 is 2.47 bits per heavy atom. The highest BCUT2D eigenvalue weighted by atomic mass is 32.2. The lowest BCUT2D eigenvalue weighted by Crippen LogP contribution is -2.41. The van der Waals surface area contributed by atoms with Crippen LogP contribution < -0.4 is 0 Å². The van der Waals surface area contributed by atoms with Gasteiger partial charge in [0.2, 0.25) is 0 Å². The lowest BCUT2D eigenvalue weighted by atomic mass is 9.94. The van der Waals surface area contributed by atoms with Crippen molar-refractivity contribution >= 4 is 34.9 Å². The Labute approximate surface area is 230 Å². The monoisotopic (exact) mass is 533 g/mol. The van der Waals surface area contributed by atoms with Crippen LogP contribution in [0, 0.1) is 13.8 Å². The van der Waals surface area contributed by atoms with E-state index in [9.17, 15) is 9.59 Å². The Kier molecular flexibility index (Phi) is 8.42. The lowest BCUT2D eigenvalue weighted by molar-refractivity contribution is -0.124. The van der Waals surface area contributed by atoms with Gasteiger partial charge in [0, 0.05) is 23.1 Å². The minimum absolute atomic E-state index is 0.102. The number of amides is 1. The van der Waals surface area contributed by atoms with Gasteiger partial charge in [0.1, 0.15) is 0 Å². The maximum absolute atomic E-state index is 13.8. The van der Waals surface area contributed by atoms with E-state index >= 15 is 0 Å². The van der Waals surface area contributed by atoms with E-state index in [0.29, 0.717) is 18.2 Å². The fourth-order valence-electron chi connectivity index (χ4n) is 6.06.